The first-order valence-electron chi connectivity index (χ1n) is 8.19. The number of rotatable bonds is 7. The molecule has 0 spiro atoms. The fourth-order valence-electron chi connectivity index (χ4n) is 2.57. The average Bonchev–Trinajstić information content (AvgIpc) is 3.31. The normalized spacial score (nSPS) is 12.9. The molecule has 27 heavy (non-hydrogen) atoms. The van der Waals surface area contributed by atoms with Crippen LogP contribution < -0.4 is 10.6 Å². The lowest BCUT2D eigenvalue weighted by Gasteiger charge is -2.22. The molecule has 11 nitrogen and oxygen atoms in total. The van der Waals surface area contributed by atoms with Crippen molar-refractivity contribution in [1.82, 2.24) is 34.4 Å². The van der Waals surface area contributed by atoms with Crippen LogP contribution in [0.25, 0.3) is 0 Å². The Balaban J connectivity index is 1.42. The van der Waals surface area contributed by atoms with E-state index in [1.165, 1.54) is 0 Å². The van der Waals surface area contributed by atoms with Gasteiger partial charge in [0.1, 0.15) is 0 Å². The largest absolute Gasteiger partial charge is 0.395 e. The minimum atomic E-state index is -0.574. The van der Waals surface area contributed by atoms with E-state index in [4.69, 9.17) is 5.11 Å². The molecule has 0 saturated carbocycles. The van der Waals surface area contributed by atoms with E-state index in [1.54, 1.807) is 29.6 Å². The maximum absolute atomic E-state index is 14.1. The van der Waals surface area contributed by atoms with E-state index in [2.05, 4.69) is 40.5 Å². The number of imidazole rings is 2. The first-order chi connectivity index (χ1) is 13.2. The van der Waals surface area contributed by atoms with Gasteiger partial charge in [0.15, 0.2) is 17.5 Å². The molecule has 0 radical (unpaired) electrons. The quantitative estimate of drug-likeness (QED) is 0.479. The summed E-state index contributed by atoms with van der Waals surface area (Å²) in [5.74, 6) is 0.778. The number of H-pyrrole nitrogens is 1. The molecule has 1 aliphatic rings. The van der Waals surface area contributed by atoms with Gasteiger partial charge in [-0.3, -0.25) is 5.32 Å². The first kappa shape index (κ1) is 16.9. The number of aromatic nitrogens is 6. The van der Waals surface area contributed by atoms with Gasteiger partial charge in [-0.25, -0.2) is 24.3 Å². The number of halogens is 1. The maximum Gasteiger partial charge on any atom is 0.231 e. The van der Waals surface area contributed by atoms with Crippen molar-refractivity contribution in [2.75, 3.05) is 23.9 Å². The molecule has 0 unspecified atom stereocenters. The van der Waals surface area contributed by atoms with Crippen molar-refractivity contribution in [2.24, 2.45) is 4.99 Å². The summed E-state index contributed by atoms with van der Waals surface area (Å²) in [4.78, 5) is 25.4. The molecule has 4 N–H and O–H groups in total. The third kappa shape index (κ3) is 3.69. The molecule has 3 aromatic heterocycles. The second-order valence-corrected chi connectivity index (χ2v) is 5.71. The molecular formula is C15H17FN10O. The Morgan fingerprint density at radius 3 is 3.11 bits per heavy atom. The molecule has 0 atom stereocenters. The van der Waals surface area contributed by atoms with Crippen LogP contribution in [0.5, 0.6) is 0 Å². The Bertz CT molecular complexity index is 952. The highest BCUT2D eigenvalue weighted by atomic mass is 19.1. The zero-order valence-corrected chi connectivity index (χ0v) is 14.2. The summed E-state index contributed by atoms with van der Waals surface area (Å²) in [5, 5.41) is 14.9. The van der Waals surface area contributed by atoms with Crippen molar-refractivity contribution < 1.29 is 9.50 Å². The van der Waals surface area contributed by atoms with Crippen molar-refractivity contribution in [3.05, 3.63) is 36.4 Å². The molecule has 0 amide bonds. The summed E-state index contributed by atoms with van der Waals surface area (Å²) in [7, 11) is 0. The van der Waals surface area contributed by atoms with Crippen molar-refractivity contribution >= 4 is 29.9 Å². The summed E-state index contributed by atoms with van der Waals surface area (Å²) < 4.78 is 15.8. The number of nitrogens with zero attached hydrogens (tertiary/aromatic N) is 7. The predicted molar refractivity (Wildman–Crippen MR) is 95.4 cm³/mol. The number of nitrogens with one attached hydrogen (secondary N) is 3. The third-order valence-electron chi connectivity index (χ3n) is 3.87. The van der Waals surface area contributed by atoms with Gasteiger partial charge in [0, 0.05) is 18.9 Å². The average molecular weight is 372 g/mol. The van der Waals surface area contributed by atoms with Gasteiger partial charge in [0.25, 0.3) is 0 Å². The Kier molecular flexibility index (Phi) is 4.61. The SMILES string of the molecule is OCCn1ccnc1Nc1ncc(F)c(NCN2C=Nc3nc[nH]c3C2)n1. The lowest BCUT2D eigenvalue weighted by atomic mass is 10.4. The van der Waals surface area contributed by atoms with Gasteiger partial charge in [-0.05, 0) is 0 Å². The van der Waals surface area contributed by atoms with Crippen LogP contribution in [-0.2, 0) is 13.1 Å². The number of aliphatic hydroxyl groups is 1. The Morgan fingerprint density at radius 2 is 2.22 bits per heavy atom. The standard InChI is InChI=1S/C15H17FN10O/c16-10-5-18-14(24-15-17-1-2-26(15)3-4-27)23-12(10)21-8-25-6-11-13(22-9-25)20-7-19-11/h1-2,5,7,9,27H,3-4,6,8H2,(H,19,20)(H2,17,18,21,23,24). The summed E-state index contributed by atoms with van der Waals surface area (Å²) in [6.07, 6.45) is 7.59. The van der Waals surface area contributed by atoms with E-state index >= 15 is 0 Å². The van der Waals surface area contributed by atoms with Crippen molar-refractivity contribution in [3.63, 3.8) is 0 Å². The molecule has 0 fully saturated rings. The number of aliphatic hydroxyl groups excluding tert-OH is 1. The van der Waals surface area contributed by atoms with Gasteiger partial charge in [0.2, 0.25) is 11.9 Å². The molecule has 4 heterocycles. The van der Waals surface area contributed by atoms with Crippen LogP contribution in [0, 0.1) is 5.82 Å². The van der Waals surface area contributed by atoms with Crippen LogP contribution in [0.2, 0.25) is 0 Å². The molecule has 0 aliphatic carbocycles. The van der Waals surface area contributed by atoms with Crippen LogP contribution in [0.4, 0.5) is 27.9 Å². The number of aliphatic imine (C=N–C) groups is 1. The van der Waals surface area contributed by atoms with Gasteiger partial charge in [0.05, 0.1) is 44.4 Å². The predicted octanol–water partition coefficient (Wildman–Crippen LogP) is 0.816. The molecule has 3 aromatic rings. The van der Waals surface area contributed by atoms with Crippen LogP contribution >= 0.6 is 0 Å². The summed E-state index contributed by atoms with van der Waals surface area (Å²) >= 11 is 0. The minimum absolute atomic E-state index is 0.0302. The molecule has 0 saturated heterocycles. The fourth-order valence-corrected chi connectivity index (χ4v) is 2.57. The molecular weight excluding hydrogens is 355 g/mol. The molecule has 0 bridgehead atoms. The monoisotopic (exact) mass is 372 g/mol. The van der Waals surface area contributed by atoms with Crippen molar-refractivity contribution in [3.8, 4) is 0 Å². The second-order valence-electron chi connectivity index (χ2n) is 5.71. The molecule has 1 aliphatic heterocycles. The summed E-state index contributed by atoms with van der Waals surface area (Å²) in [5.41, 5.74) is 0.889. The van der Waals surface area contributed by atoms with Gasteiger partial charge in [-0.1, -0.05) is 0 Å². The van der Waals surface area contributed by atoms with E-state index in [0.717, 1.165) is 11.9 Å². The number of hydrogen-bond donors (Lipinski definition) is 4. The van der Waals surface area contributed by atoms with E-state index < -0.39 is 5.82 Å². The van der Waals surface area contributed by atoms with Crippen LogP contribution in [0.1, 0.15) is 5.69 Å². The van der Waals surface area contributed by atoms with Crippen LogP contribution in [0.3, 0.4) is 0 Å². The topological polar surface area (TPSA) is 132 Å². The first-order valence-corrected chi connectivity index (χ1v) is 8.19. The highest BCUT2D eigenvalue weighted by molar-refractivity contribution is 5.64. The molecule has 140 valence electrons. The van der Waals surface area contributed by atoms with E-state index in [0.29, 0.717) is 31.5 Å². The van der Waals surface area contributed by atoms with E-state index in [-0.39, 0.29) is 18.4 Å². The number of anilines is 3. The Morgan fingerprint density at radius 1 is 1.30 bits per heavy atom. The number of fused-ring (bicyclic) bond motifs is 1. The Hall–Kier alpha value is -3.54. The zero-order chi connectivity index (χ0) is 18.6. The molecule has 0 aromatic carbocycles. The second kappa shape index (κ2) is 7.37. The Labute approximate surface area is 153 Å². The van der Waals surface area contributed by atoms with Crippen LogP contribution in [0.15, 0.2) is 29.9 Å². The van der Waals surface area contributed by atoms with E-state index in [9.17, 15) is 4.39 Å². The van der Waals surface area contributed by atoms with Crippen LogP contribution in [-0.4, -0.2) is 59.1 Å². The van der Waals surface area contributed by atoms with Crippen molar-refractivity contribution in [1.29, 1.82) is 0 Å². The lowest BCUT2D eigenvalue weighted by molar-refractivity contribution is 0.277. The maximum atomic E-state index is 14.1. The smallest absolute Gasteiger partial charge is 0.231 e. The minimum Gasteiger partial charge on any atom is -0.395 e. The van der Waals surface area contributed by atoms with Gasteiger partial charge < -0.3 is 24.9 Å². The van der Waals surface area contributed by atoms with Gasteiger partial charge in [-0.15, -0.1) is 0 Å². The highest BCUT2D eigenvalue weighted by Crippen LogP contribution is 2.20. The summed E-state index contributed by atoms with van der Waals surface area (Å²) in [6, 6.07) is 0. The molecule has 12 heteroatoms. The number of hydrogen-bond acceptors (Lipinski definition) is 9. The van der Waals surface area contributed by atoms with Crippen molar-refractivity contribution in [2.45, 2.75) is 13.1 Å². The number of aromatic amines is 1. The fraction of sp³-hybridized carbons (Fsp3) is 0.267. The molecule has 4 rings (SSSR count). The lowest BCUT2D eigenvalue weighted by Crippen LogP contribution is -2.30. The highest BCUT2D eigenvalue weighted by Gasteiger charge is 2.15. The zero-order valence-electron chi connectivity index (χ0n) is 14.2. The van der Waals surface area contributed by atoms with Gasteiger partial charge in [-0.2, -0.15) is 4.98 Å². The summed E-state index contributed by atoms with van der Waals surface area (Å²) in [6.45, 7) is 1.22. The third-order valence-corrected chi connectivity index (χ3v) is 3.87. The van der Waals surface area contributed by atoms with E-state index in [1.807, 2.05) is 4.90 Å². The van der Waals surface area contributed by atoms with Gasteiger partial charge >= 0.3 is 0 Å².